The first-order valence-electron chi connectivity index (χ1n) is 8.12. The fourth-order valence-corrected chi connectivity index (χ4v) is 2.91. The quantitative estimate of drug-likeness (QED) is 0.381. The molecule has 2 N–H and O–H groups in total. The molecular weight excluding hydrogens is 385 g/mol. The van der Waals surface area contributed by atoms with Gasteiger partial charge in [-0.05, 0) is 62.0 Å². The van der Waals surface area contributed by atoms with Gasteiger partial charge in [0, 0.05) is 5.69 Å². The van der Waals surface area contributed by atoms with Crippen molar-refractivity contribution in [3.63, 3.8) is 0 Å². The lowest BCUT2D eigenvalue weighted by Crippen LogP contribution is -2.24. The SMILES string of the molecule is Cc1ccccc1NC(=S)N/N=C\c1c(C)nn(-c2ccc(F)cc2)c1Cl. The van der Waals surface area contributed by atoms with E-state index in [4.69, 9.17) is 23.8 Å². The van der Waals surface area contributed by atoms with Crippen LogP contribution in [-0.4, -0.2) is 21.1 Å². The molecule has 0 unspecified atom stereocenters. The first-order valence-corrected chi connectivity index (χ1v) is 8.91. The number of para-hydroxylation sites is 1. The molecule has 138 valence electrons. The Bertz CT molecular complexity index is 998. The molecule has 8 heteroatoms. The van der Waals surface area contributed by atoms with Crippen LogP contribution in [-0.2, 0) is 0 Å². The van der Waals surface area contributed by atoms with Crippen molar-refractivity contribution in [2.75, 3.05) is 5.32 Å². The number of benzene rings is 2. The Labute approximate surface area is 166 Å². The van der Waals surface area contributed by atoms with Gasteiger partial charge in [0.15, 0.2) is 5.11 Å². The minimum absolute atomic E-state index is 0.320. The van der Waals surface area contributed by atoms with Gasteiger partial charge in [-0.1, -0.05) is 29.8 Å². The molecule has 1 heterocycles. The lowest BCUT2D eigenvalue weighted by molar-refractivity contribution is 0.627. The van der Waals surface area contributed by atoms with E-state index in [1.165, 1.54) is 16.8 Å². The zero-order valence-corrected chi connectivity index (χ0v) is 16.3. The lowest BCUT2D eigenvalue weighted by Gasteiger charge is -2.09. The molecule has 0 radical (unpaired) electrons. The molecule has 0 aliphatic carbocycles. The van der Waals surface area contributed by atoms with Gasteiger partial charge < -0.3 is 5.32 Å². The number of aryl methyl sites for hydroxylation is 2. The summed E-state index contributed by atoms with van der Waals surface area (Å²) in [5, 5.41) is 12.3. The molecule has 27 heavy (non-hydrogen) atoms. The minimum atomic E-state index is -0.320. The highest BCUT2D eigenvalue weighted by molar-refractivity contribution is 7.80. The van der Waals surface area contributed by atoms with Crippen molar-refractivity contribution in [1.82, 2.24) is 15.2 Å². The molecule has 2 aromatic carbocycles. The highest BCUT2D eigenvalue weighted by atomic mass is 35.5. The summed E-state index contributed by atoms with van der Waals surface area (Å²) in [6.45, 7) is 3.80. The van der Waals surface area contributed by atoms with Gasteiger partial charge in [0.25, 0.3) is 0 Å². The second kappa shape index (κ2) is 8.28. The van der Waals surface area contributed by atoms with Crippen molar-refractivity contribution >= 4 is 40.8 Å². The van der Waals surface area contributed by atoms with Gasteiger partial charge in [-0.15, -0.1) is 0 Å². The van der Waals surface area contributed by atoms with Gasteiger partial charge in [-0.2, -0.15) is 10.2 Å². The van der Waals surface area contributed by atoms with E-state index < -0.39 is 0 Å². The van der Waals surface area contributed by atoms with E-state index in [9.17, 15) is 4.39 Å². The summed E-state index contributed by atoms with van der Waals surface area (Å²) in [7, 11) is 0. The predicted molar refractivity (Wildman–Crippen MR) is 111 cm³/mol. The summed E-state index contributed by atoms with van der Waals surface area (Å²) in [6.07, 6.45) is 1.55. The fraction of sp³-hybridized carbons (Fsp3) is 0.105. The molecule has 3 aromatic rings. The Hall–Kier alpha value is -2.77. The summed E-state index contributed by atoms with van der Waals surface area (Å²) in [4.78, 5) is 0. The second-order valence-corrected chi connectivity index (χ2v) is 6.58. The number of anilines is 1. The summed E-state index contributed by atoms with van der Waals surface area (Å²) in [5.41, 5.74) is 6.74. The molecule has 0 atom stereocenters. The van der Waals surface area contributed by atoms with Crippen molar-refractivity contribution in [3.8, 4) is 5.69 Å². The van der Waals surface area contributed by atoms with E-state index in [1.807, 2.05) is 38.1 Å². The molecule has 0 amide bonds. The number of thiocarbonyl (C=S) groups is 1. The molecule has 0 aliphatic rings. The molecule has 1 aromatic heterocycles. The van der Waals surface area contributed by atoms with Gasteiger partial charge in [-0.25, -0.2) is 9.07 Å². The van der Waals surface area contributed by atoms with Crippen molar-refractivity contribution in [2.24, 2.45) is 5.10 Å². The second-order valence-electron chi connectivity index (χ2n) is 5.82. The summed E-state index contributed by atoms with van der Waals surface area (Å²) in [5.74, 6) is -0.320. The normalized spacial score (nSPS) is 11.0. The van der Waals surface area contributed by atoms with Crippen molar-refractivity contribution in [2.45, 2.75) is 13.8 Å². The largest absolute Gasteiger partial charge is 0.331 e. The number of hydrogen-bond acceptors (Lipinski definition) is 3. The Morgan fingerprint density at radius 1 is 1.19 bits per heavy atom. The van der Waals surface area contributed by atoms with Crippen LogP contribution < -0.4 is 10.7 Å². The third-order valence-corrected chi connectivity index (χ3v) is 4.43. The summed E-state index contributed by atoms with van der Waals surface area (Å²) in [6, 6.07) is 13.7. The Balaban J connectivity index is 1.71. The summed E-state index contributed by atoms with van der Waals surface area (Å²) < 4.78 is 14.6. The van der Waals surface area contributed by atoms with Crippen LogP contribution in [0.3, 0.4) is 0 Å². The van der Waals surface area contributed by atoms with E-state index >= 15 is 0 Å². The van der Waals surface area contributed by atoms with Crippen LogP contribution >= 0.6 is 23.8 Å². The van der Waals surface area contributed by atoms with Gasteiger partial charge in [0.1, 0.15) is 11.0 Å². The molecule has 0 fully saturated rings. The number of rotatable bonds is 4. The first-order chi connectivity index (χ1) is 13.0. The smallest absolute Gasteiger partial charge is 0.191 e. The van der Waals surface area contributed by atoms with Gasteiger partial charge in [-0.3, -0.25) is 5.43 Å². The Morgan fingerprint density at radius 3 is 2.59 bits per heavy atom. The van der Waals surface area contributed by atoms with E-state index in [0.717, 1.165) is 11.3 Å². The van der Waals surface area contributed by atoms with E-state index in [1.54, 1.807) is 18.3 Å². The minimum Gasteiger partial charge on any atom is -0.331 e. The summed E-state index contributed by atoms with van der Waals surface area (Å²) >= 11 is 11.7. The average molecular weight is 402 g/mol. The zero-order chi connectivity index (χ0) is 19.4. The molecule has 0 saturated heterocycles. The maximum absolute atomic E-state index is 13.1. The topological polar surface area (TPSA) is 54.2 Å². The molecule has 0 aliphatic heterocycles. The standard InChI is InChI=1S/C19H17ClFN5S/c1-12-5-3-4-6-17(12)23-19(27)24-22-11-16-13(2)25-26(18(16)20)15-9-7-14(21)8-10-15/h3-11H,1-2H3,(H2,23,24,27)/b22-11-. The number of halogens is 2. The van der Waals surface area contributed by atoms with Crippen LogP contribution in [0.25, 0.3) is 5.69 Å². The number of nitrogens with zero attached hydrogens (tertiary/aromatic N) is 3. The highest BCUT2D eigenvalue weighted by Crippen LogP contribution is 2.22. The first kappa shape index (κ1) is 19.0. The van der Waals surface area contributed by atoms with Crippen molar-refractivity contribution in [1.29, 1.82) is 0 Å². The number of nitrogens with one attached hydrogen (secondary N) is 2. The van der Waals surface area contributed by atoms with Gasteiger partial charge in [0.2, 0.25) is 0 Å². The van der Waals surface area contributed by atoms with Crippen LogP contribution in [0.15, 0.2) is 53.6 Å². The van der Waals surface area contributed by atoms with E-state index in [-0.39, 0.29) is 5.82 Å². The molecule has 3 rings (SSSR count). The Morgan fingerprint density at radius 2 is 1.89 bits per heavy atom. The van der Waals surface area contributed by atoms with Crippen LogP contribution in [0.5, 0.6) is 0 Å². The molecule has 0 bridgehead atoms. The number of aromatic nitrogens is 2. The number of hydrazone groups is 1. The third kappa shape index (κ3) is 4.50. The third-order valence-electron chi connectivity index (χ3n) is 3.87. The maximum Gasteiger partial charge on any atom is 0.191 e. The van der Waals surface area contributed by atoms with Gasteiger partial charge in [0.05, 0.1) is 23.2 Å². The van der Waals surface area contributed by atoms with Gasteiger partial charge >= 0.3 is 0 Å². The van der Waals surface area contributed by atoms with Crippen LogP contribution in [0.4, 0.5) is 10.1 Å². The van der Waals surface area contributed by atoms with E-state index in [0.29, 0.717) is 27.2 Å². The lowest BCUT2D eigenvalue weighted by atomic mass is 10.2. The van der Waals surface area contributed by atoms with Crippen molar-refractivity contribution in [3.05, 3.63) is 76.3 Å². The van der Waals surface area contributed by atoms with Crippen LogP contribution in [0.1, 0.15) is 16.8 Å². The molecule has 0 saturated carbocycles. The molecule has 0 spiro atoms. The molecule has 5 nitrogen and oxygen atoms in total. The Kier molecular flexibility index (Phi) is 5.83. The average Bonchev–Trinajstić information content (AvgIpc) is 2.92. The van der Waals surface area contributed by atoms with Crippen molar-refractivity contribution < 1.29 is 4.39 Å². The fourth-order valence-electron chi connectivity index (χ4n) is 2.43. The monoisotopic (exact) mass is 401 g/mol. The number of hydrogen-bond donors (Lipinski definition) is 2. The molecular formula is C19H17ClFN5S. The highest BCUT2D eigenvalue weighted by Gasteiger charge is 2.13. The van der Waals surface area contributed by atoms with Crippen LogP contribution in [0, 0.1) is 19.7 Å². The zero-order valence-electron chi connectivity index (χ0n) is 14.7. The predicted octanol–water partition coefficient (Wildman–Crippen LogP) is 4.60. The van der Waals surface area contributed by atoms with E-state index in [2.05, 4.69) is 20.9 Å². The van der Waals surface area contributed by atoms with Crippen LogP contribution in [0.2, 0.25) is 5.15 Å². The maximum atomic E-state index is 13.1.